The van der Waals surface area contributed by atoms with Crippen LogP contribution in [-0.2, 0) is 4.52 Å². The van der Waals surface area contributed by atoms with E-state index in [1.807, 2.05) is 0 Å². The molecular weight excluding hydrogens is 343 g/mol. The summed E-state index contributed by atoms with van der Waals surface area (Å²) in [5, 5.41) is 0. The van der Waals surface area contributed by atoms with E-state index < -0.39 is 10.7 Å². The quantitative estimate of drug-likeness (QED) is 0.594. The van der Waals surface area contributed by atoms with Gasteiger partial charge in [0.1, 0.15) is 0 Å². The van der Waals surface area contributed by atoms with E-state index in [2.05, 4.69) is 52.3 Å². The fraction of sp³-hybridized carbons (Fsp3) is 1.00. The second-order valence-corrected chi connectivity index (χ2v) is 9.16. The van der Waals surface area contributed by atoms with Gasteiger partial charge in [-0.3, -0.25) is 0 Å². The molecule has 0 heterocycles. The zero-order valence-corrected chi connectivity index (χ0v) is 9.74. The Morgan fingerprint density at radius 2 is 1.78 bits per heavy atom. The summed E-state index contributed by atoms with van der Waals surface area (Å²) in [6, 6.07) is 0. The fourth-order valence-electron chi connectivity index (χ4n) is 0.131. The zero-order chi connectivity index (χ0) is 7.49. The van der Waals surface area contributed by atoms with Gasteiger partial charge in [0.05, 0.1) is 6.61 Å². The maximum Gasteiger partial charge on any atom is 0.327 e. The Hall–Kier alpha value is 1.75. The summed E-state index contributed by atoms with van der Waals surface area (Å²) in [5.74, 6) is 0. The highest BCUT2D eigenvalue weighted by Crippen LogP contribution is 2.37. The number of hydrogen-bond acceptors (Lipinski definition) is 3. The van der Waals surface area contributed by atoms with Gasteiger partial charge in [0, 0.05) is 0 Å². The zero-order valence-electron chi connectivity index (χ0n) is 4.09. The van der Waals surface area contributed by atoms with Crippen molar-refractivity contribution in [2.75, 3.05) is 6.61 Å². The van der Waals surface area contributed by atoms with Gasteiger partial charge < -0.3 is 14.3 Å². The molecule has 0 bridgehead atoms. The lowest BCUT2D eigenvalue weighted by Gasteiger charge is -2.11. The molecule has 0 aliphatic carbocycles. The first-order chi connectivity index (χ1) is 3.92. The molecule has 0 aliphatic heterocycles. The summed E-state index contributed by atoms with van der Waals surface area (Å²) in [7, 11) is -2.25. The van der Waals surface area contributed by atoms with E-state index >= 15 is 0 Å². The van der Waals surface area contributed by atoms with Gasteiger partial charge in [0.2, 0.25) is 0 Å². The van der Waals surface area contributed by atoms with Crippen molar-refractivity contribution in [3.63, 3.8) is 0 Å². The van der Waals surface area contributed by atoms with E-state index in [0.717, 1.165) is 0 Å². The molecule has 56 valence electrons. The third kappa shape index (κ3) is 9.75. The largest absolute Gasteiger partial charge is 0.328 e. The molecule has 0 radical (unpaired) electrons. The van der Waals surface area contributed by atoms with Gasteiger partial charge in [-0.25, -0.2) is 0 Å². The van der Waals surface area contributed by atoms with Crippen molar-refractivity contribution in [2.24, 2.45) is 0 Å². The van der Waals surface area contributed by atoms with E-state index in [4.69, 9.17) is 9.79 Å². The average molecular weight is 347 g/mol. The molecular formula is C2H4Br3O3P. The first-order valence-electron chi connectivity index (χ1n) is 1.79. The minimum Gasteiger partial charge on any atom is -0.328 e. The summed E-state index contributed by atoms with van der Waals surface area (Å²) in [5.41, 5.74) is 0. The van der Waals surface area contributed by atoms with Crippen molar-refractivity contribution in [1.29, 1.82) is 0 Å². The summed E-state index contributed by atoms with van der Waals surface area (Å²) < 4.78 is 3.89. The molecule has 7 heteroatoms. The smallest absolute Gasteiger partial charge is 0.327 e. The molecule has 0 atom stereocenters. The van der Waals surface area contributed by atoms with Crippen LogP contribution in [0.5, 0.6) is 0 Å². The van der Waals surface area contributed by atoms with Crippen molar-refractivity contribution < 1.29 is 14.3 Å². The van der Waals surface area contributed by atoms with Crippen molar-refractivity contribution in [2.45, 2.75) is 2.14 Å². The molecule has 0 saturated carbocycles. The number of alkyl halides is 3. The molecule has 9 heavy (non-hydrogen) atoms. The highest BCUT2D eigenvalue weighted by molar-refractivity contribution is 9.39. The number of rotatable bonds is 2. The van der Waals surface area contributed by atoms with Crippen molar-refractivity contribution >= 4 is 56.4 Å². The molecule has 0 aromatic rings. The van der Waals surface area contributed by atoms with Gasteiger partial charge in [-0.1, -0.05) is 47.8 Å². The molecule has 2 N–H and O–H groups in total. The first kappa shape index (κ1) is 10.8. The summed E-state index contributed by atoms with van der Waals surface area (Å²) in [4.78, 5) is 16.5. The van der Waals surface area contributed by atoms with Crippen LogP contribution < -0.4 is 0 Å². The lowest BCUT2D eigenvalue weighted by Crippen LogP contribution is -2.07. The van der Waals surface area contributed by atoms with Crippen LogP contribution >= 0.6 is 56.4 Å². The van der Waals surface area contributed by atoms with Gasteiger partial charge in [-0.15, -0.1) is 0 Å². The average Bonchev–Trinajstić information content (AvgIpc) is 1.59. The van der Waals surface area contributed by atoms with E-state index in [1.165, 1.54) is 0 Å². The molecule has 0 amide bonds. The highest BCUT2D eigenvalue weighted by Gasteiger charge is 2.19. The summed E-state index contributed by atoms with van der Waals surface area (Å²) in [6.07, 6.45) is 0. The minimum atomic E-state index is -2.25. The van der Waals surface area contributed by atoms with Crippen LogP contribution in [0.2, 0.25) is 0 Å². The normalized spacial score (nSPS) is 12.7. The van der Waals surface area contributed by atoms with Crippen LogP contribution in [0.25, 0.3) is 0 Å². The lowest BCUT2D eigenvalue weighted by molar-refractivity contribution is 0.266. The molecule has 0 aliphatic rings. The third-order valence-corrected chi connectivity index (χ3v) is 1.39. The van der Waals surface area contributed by atoms with Crippen molar-refractivity contribution in [3.8, 4) is 0 Å². The predicted octanol–water partition coefficient (Wildman–Crippen LogP) is 2.05. The Morgan fingerprint density at radius 3 is 1.89 bits per heavy atom. The summed E-state index contributed by atoms with van der Waals surface area (Å²) >= 11 is 9.31. The van der Waals surface area contributed by atoms with Crippen LogP contribution in [0.1, 0.15) is 0 Å². The fourth-order valence-corrected chi connectivity index (χ4v) is 1.31. The van der Waals surface area contributed by atoms with E-state index in [-0.39, 0.29) is 6.61 Å². The second kappa shape index (κ2) is 4.59. The van der Waals surface area contributed by atoms with Crippen molar-refractivity contribution in [3.05, 3.63) is 0 Å². The highest BCUT2D eigenvalue weighted by atomic mass is 80.0. The Morgan fingerprint density at radius 1 is 1.33 bits per heavy atom. The van der Waals surface area contributed by atoms with Crippen LogP contribution in [-0.4, -0.2) is 18.5 Å². The second-order valence-electron chi connectivity index (χ2n) is 1.14. The Bertz CT molecular complexity index is 81.6. The van der Waals surface area contributed by atoms with Crippen LogP contribution in [0.4, 0.5) is 0 Å². The van der Waals surface area contributed by atoms with E-state index in [0.29, 0.717) is 0 Å². The van der Waals surface area contributed by atoms with Gasteiger partial charge >= 0.3 is 8.60 Å². The minimum absolute atomic E-state index is 0.131. The maximum atomic E-state index is 8.25. The van der Waals surface area contributed by atoms with Gasteiger partial charge in [-0.05, 0) is 0 Å². The Kier molecular flexibility index (Phi) is 5.48. The predicted molar refractivity (Wildman–Crippen MR) is 46.8 cm³/mol. The molecule has 0 saturated heterocycles. The summed E-state index contributed by atoms with van der Waals surface area (Å²) in [6.45, 7) is 0.131. The molecule has 3 nitrogen and oxygen atoms in total. The maximum absolute atomic E-state index is 8.25. The van der Waals surface area contributed by atoms with E-state index in [9.17, 15) is 0 Å². The molecule has 0 fully saturated rings. The Balaban J connectivity index is 3.28. The van der Waals surface area contributed by atoms with Crippen molar-refractivity contribution in [1.82, 2.24) is 0 Å². The van der Waals surface area contributed by atoms with Crippen LogP contribution in [0.15, 0.2) is 0 Å². The van der Waals surface area contributed by atoms with Gasteiger partial charge in [0.25, 0.3) is 0 Å². The molecule has 0 aromatic carbocycles. The number of halogens is 3. The van der Waals surface area contributed by atoms with Gasteiger partial charge in [-0.2, -0.15) is 0 Å². The first-order valence-corrected chi connectivity index (χ1v) is 5.34. The topological polar surface area (TPSA) is 49.7 Å². The molecule has 0 rings (SSSR count). The van der Waals surface area contributed by atoms with Crippen LogP contribution in [0, 0.1) is 0 Å². The molecule has 0 spiro atoms. The van der Waals surface area contributed by atoms with Gasteiger partial charge in [0.15, 0.2) is 2.14 Å². The lowest BCUT2D eigenvalue weighted by atomic mass is 10.9. The molecule has 0 unspecified atom stereocenters. The standard InChI is InChI=1S/C2H4Br3O3P/c3-2(4,5)1-8-9(6)7/h6-7H,1H2. The number of hydrogen-bond donors (Lipinski definition) is 2. The van der Waals surface area contributed by atoms with E-state index in [1.54, 1.807) is 0 Å². The monoisotopic (exact) mass is 344 g/mol. The molecule has 0 aromatic heterocycles. The third-order valence-electron chi connectivity index (χ3n) is 0.344. The Labute approximate surface area is 79.2 Å². The SMILES string of the molecule is OP(O)OCC(Br)(Br)Br. The van der Waals surface area contributed by atoms with Crippen LogP contribution in [0.3, 0.4) is 0 Å².